The Hall–Kier alpha value is -3.80. The number of benzene rings is 4. The van der Waals surface area contributed by atoms with Crippen LogP contribution >= 0.6 is 0 Å². The van der Waals surface area contributed by atoms with Crippen molar-refractivity contribution in [3.05, 3.63) is 66.2 Å². The molecule has 2 N–H and O–H groups in total. The van der Waals surface area contributed by atoms with E-state index in [-0.39, 0.29) is 5.75 Å². The predicted molar refractivity (Wildman–Crippen MR) is 123 cm³/mol. The molecule has 0 unspecified atom stereocenters. The first-order valence-corrected chi connectivity index (χ1v) is 9.86. The number of fused-ring (bicyclic) bond motifs is 2. The van der Waals surface area contributed by atoms with Crippen LogP contribution in [0.1, 0.15) is 12.5 Å². The number of aromatic hydroxyl groups is 1. The van der Waals surface area contributed by atoms with Crippen LogP contribution in [0.15, 0.2) is 81.1 Å². The van der Waals surface area contributed by atoms with E-state index < -0.39 is 0 Å². The average molecular weight is 397 g/mol. The van der Waals surface area contributed by atoms with Gasteiger partial charge in [-0.15, -0.1) is 10.2 Å². The standard InChI is InChI=1S/C24H23N5O/c1-4-26-17-10-9-16-13-15(2)23(24(30)20(16)14-17)29-28-22-12-11-21(27-25-3)18-7-5-6-8-19(18)22/h5-14,26,30H,4H2,1-3H3. The Morgan fingerprint density at radius 2 is 1.53 bits per heavy atom. The van der Waals surface area contributed by atoms with Gasteiger partial charge in [-0.1, -0.05) is 30.3 Å². The number of anilines is 1. The van der Waals surface area contributed by atoms with E-state index in [1.807, 2.05) is 74.5 Å². The minimum absolute atomic E-state index is 0.134. The van der Waals surface area contributed by atoms with E-state index in [9.17, 15) is 5.11 Å². The molecule has 150 valence electrons. The van der Waals surface area contributed by atoms with E-state index in [0.29, 0.717) is 11.4 Å². The van der Waals surface area contributed by atoms with Crippen molar-refractivity contribution in [3.8, 4) is 5.75 Å². The van der Waals surface area contributed by atoms with Gasteiger partial charge in [0.05, 0.1) is 11.4 Å². The molecule has 0 heterocycles. The van der Waals surface area contributed by atoms with Crippen LogP contribution in [0.2, 0.25) is 0 Å². The highest BCUT2D eigenvalue weighted by atomic mass is 16.3. The summed E-state index contributed by atoms with van der Waals surface area (Å²) in [5.74, 6) is 0.134. The minimum Gasteiger partial charge on any atom is -0.505 e. The van der Waals surface area contributed by atoms with Crippen LogP contribution < -0.4 is 5.32 Å². The fourth-order valence-corrected chi connectivity index (χ4v) is 3.60. The second-order valence-electron chi connectivity index (χ2n) is 7.01. The zero-order valence-electron chi connectivity index (χ0n) is 17.2. The Balaban J connectivity index is 1.82. The van der Waals surface area contributed by atoms with Crippen LogP contribution in [0.25, 0.3) is 21.5 Å². The number of aryl methyl sites for hydroxylation is 1. The number of nitrogens with zero attached hydrogens (tertiary/aromatic N) is 4. The average Bonchev–Trinajstić information content (AvgIpc) is 2.75. The molecule has 6 heteroatoms. The molecular formula is C24H23N5O. The first-order chi connectivity index (χ1) is 14.6. The molecule has 0 bridgehead atoms. The normalized spacial score (nSPS) is 11.8. The van der Waals surface area contributed by atoms with Crippen molar-refractivity contribution in [2.75, 3.05) is 18.9 Å². The summed E-state index contributed by atoms with van der Waals surface area (Å²) in [7, 11) is 1.65. The van der Waals surface area contributed by atoms with Crippen molar-refractivity contribution >= 4 is 44.3 Å². The van der Waals surface area contributed by atoms with Gasteiger partial charge in [-0.05, 0) is 55.1 Å². The van der Waals surface area contributed by atoms with Crippen LogP contribution in [-0.2, 0) is 0 Å². The number of hydrogen-bond acceptors (Lipinski definition) is 6. The van der Waals surface area contributed by atoms with E-state index in [4.69, 9.17) is 0 Å². The van der Waals surface area contributed by atoms with Crippen LogP contribution in [0, 0.1) is 6.92 Å². The van der Waals surface area contributed by atoms with Gasteiger partial charge in [0.2, 0.25) is 0 Å². The van der Waals surface area contributed by atoms with Crippen LogP contribution in [0.5, 0.6) is 5.75 Å². The number of azo groups is 2. The van der Waals surface area contributed by atoms with Gasteiger partial charge in [0.25, 0.3) is 0 Å². The lowest BCUT2D eigenvalue weighted by molar-refractivity contribution is 0.482. The Labute approximate surface area is 175 Å². The zero-order valence-corrected chi connectivity index (χ0v) is 17.2. The lowest BCUT2D eigenvalue weighted by Gasteiger charge is -2.10. The second-order valence-corrected chi connectivity index (χ2v) is 7.01. The largest absolute Gasteiger partial charge is 0.505 e. The Kier molecular flexibility index (Phi) is 5.39. The maximum atomic E-state index is 10.9. The molecule has 0 fully saturated rings. The van der Waals surface area contributed by atoms with Gasteiger partial charge < -0.3 is 10.4 Å². The fraction of sp³-hybridized carbons (Fsp3) is 0.167. The molecule has 0 aromatic heterocycles. The summed E-state index contributed by atoms with van der Waals surface area (Å²) in [5.41, 5.74) is 3.78. The van der Waals surface area contributed by atoms with E-state index in [0.717, 1.165) is 45.0 Å². The van der Waals surface area contributed by atoms with Crippen LogP contribution in [0.3, 0.4) is 0 Å². The van der Waals surface area contributed by atoms with Crippen molar-refractivity contribution in [3.63, 3.8) is 0 Å². The van der Waals surface area contributed by atoms with Gasteiger partial charge >= 0.3 is 0 Å². The molecule has 30 heavy (non-hydrogen) atoms. The Morgan fingerprint density at radius 3 is 2.20 bits per heavy atom. The summed E-state index contributed by atoms with van der Waals surface area (Å²) < 4.78 is 0. The molecule has 4 rings (SSSR count). The van der Waals surface area contributed by atoms with Crippen LogP contribution in [-0.4, -0.2) is 18.7 Å². The van der Waals surface area contributed by atoms with Crippen molar-refractivity contribution < 1.29 is 5.11 Å². The third kappa shape index (κ3) is 3.59. The number of rotatable bonds is 5. The monoisotopic (exact) mass is 397 g/mol. The molecule has 4 aromatic carbocycles. The Bertz CT molecular complexity index is 1290. The summed E-state index contributed by atoms with van der Waals surface area (Å²) in [6.07, 6.45) is 0. The quantitative estimate of drug-likeness (QED) is 0.340. The fourth-order valence-electron chi connectivity index (χ4n) is 3.60. The SMILES string of the molecule is CCNc1ccc2cc(C)c(N=Nc3ccc(N=NC)c4ccccc34)c(O)c2c1. The van der Waals surface area contributed by atoms with Gasteiger partial charge in [0.1, 0.15) is 5.69 Å². The number of phenols is 1. The van der Waals surface area contributed by atoms with E-state index >= 15 is 0 Å². The molecule has 0 spiro atoms. The van der Waals surface area contributed by atoms with Crippen LogP contribution in [0.4, 0.5) is 22.7 Å². The molecular weight excluding hydrogens is 374 g/mol. The lowest BCUT2D eigenvalue weighted by Crippen LogP contribution is -1.95. The number of phenolic OH excluding ortho intramolecular Hbond substituents is 1. The topological polar surface area (TPSA) is 81.7 Å². The highest BCUT2D eigenvalue weighted by Gasteiger charge is 2.12. The van der Waals surface area contributed by atoms with Crippen molar-refractivity contribution in [2.45, 2.75) is 13.8 Å². The summed E-state index contributed by atoms with van der Waals surface area (Å²) in [6.45, 7) is 4.77. The molecule has 0 atom stereocenters. The molecule has 0 saturated carbocycles. The van der Waals surface area contributed by atoms with Gasteiger partial charge in [-0.2, -0.15) is 10.2 Å². The van der Waals surface area contributed by atoms with Gasteiger partial charge in [0, 0.05) is 35.4 Å². The summed E-state index contributed by atoms with van der Waals surface area (Å²) in [4.78, 5) is 0. The summed E-state index contributed by atoms with van der Waals surface area (Å²) in [6, 6.07) is 19.6. The number of hydrogen-bond donors (Lipinski definition) is 2. The molecule has 0 aliphatic carbocycles. The van der Waals surface area contributed by atoms with E-state index in [1.165, 1.54) is 0 Å². The highest BCUT2D eigenvalue weighted by molar-refractivity contribution is 6.00. The number of nitrogens with one attached hydrogen (secondary N) is 1. The van der Waals surface area contributed by atoms with Crippen molar-refractivity contribution in [1.29, 1.82) is 0 Å². The van der Waals surface area contributed by atoms with Gasteiger partial charge in [-0.3, -0.25) is 0 Å². The first-order valence-electron chi connectivity index (χ1n) is 9.86. The molecule has 4 aromatic rings. The summed E-state index contributed by atoms with van der Waals surface area (Å²) >= 11 is 0. The van der Waals surface area contributed by atoms with E-state index in [1.54, 1.807) is 7.05 Å². The minimum atomic E-state index is 0.134. The first kappa shape index (κ1) is 19.5. The van der Waals surface area contributed by atoms with E-state index in [2.05, 4.69) is 25.8 Å². The zero-order chi connectivity index (χ0) is 21.1. The van der Waals surface area contributed by atoms with Gasteiger partial charge in [-0.25, -0.2) is 0 Å². The molecule has 0 aliphatic rings. The second kappa shape index (κ2) is 8.29. The maximum Gasteiger partial charge on any atom is 0.151 e. The summed E-state index contributed by atoms with van der Waals surface area (Å²) in [5, 5.41) is 34.8. The molecule has 0 radical (unpaired) electrons. The molecule has 0 amide bonds. The van der Waals surface area contributed by atoms with Crippen molar-refractivity contribution in [1.82, 2.24) is 0 Å². The Morgan fingerprint density at radius 1 is 0.833 bits per heavy atom. The van der Waals surface area contributed by atoms with Crippen molar-refractivity contribution in [2.24, 2.45) is 20.5 Å². The molecule has 0 saturated heterocycles. The molecule has 6 nitrogen and oxygen atoms in total. The third-order valence-corrected chi connectivity index (χ3v) is 5.00. The lowest BCUT2D eigenvalue weighted by atomic mass is 10.0. The maximum absolute atomic E-state index is 10.9. The highest BCUT2D eigenvalue weighted by Crippen LogP contribution is 2.41. The predicted octanol–water partition coefficient (Wildman–Crippen LogP) is 7.57. The van der Waals surface area contributed by atoms with Gasteiger partial charge in [0.15, 0.2) is 5.75 Å². The third-order valence-electron chi connectivity index (χ3n) is 5.00. The molecule has 0 aliphatic heterocycles. The smallest absolute Gasteiger partial charge is 0.151 e.